The van der Waals surface area contributed by atoms with Crippen LogP contribution >= 0.6 is 11.3 Å². The van der Waals surface area contributed by atoms with Gasteiger partial charge in [0.15, 0.2) is 10.9 Å². The largest absolute Gasteiger partial charge is 0.350 e. The molecule has 0 spiro atoms. The maximum Gasteiger partial charge on any atom is 0.185 e. The van der Waals surface area contributed by atoms with Gasteiger partial charge >= 0.3 is 0 Å². The Labute approximate surface area is 101 Å². The third-order valence-corrected chi connectivity index (χ3v) is 3.69. The lowest BCUT2D eigenvalue weighted by Gasteiger charge is -2.18. The van der Waals surface area contributed by atoms with E-state index >= 15 is 0 Å². The summed E-state index contributed by atoms with van der Waals surface area (Å²) in [5.41, 5.74) is 0.837. The molecule has 0 amide bonds. The molecule has 0 aliphatic heterocycles. The number of hydrogen-bond donors (Lipinski definition) is 0. The second-order valence-electron chi connectivity index (χ2n) is 4.19. The SMILES string of the molecule is CC(=O)c1sc(N(C)CCN(C)C)nc1C. The summed E-state index contributed by atoms with van der Waals surface area (Å²) in [5.74, 6) is 0.0993. The van der Waals surface area contributed by atoms with Crippen LogP contribution in [0.15, 0.2) is 0 Å². The van der Waals surface area contributed by atoms with E-state index in [2.05, 4.69) is 14.8 Å². The lowest BCUT2D eigenvalue weighted by molar-refractivity contribution is 0.102. The molecule has 0 unspecified atom stereocenters. The number of hydrogen-bond acceptors (Lipinski definition) is 5. The van der Waals surface area contributed by atoms with Crippen molar-refractivity contribution in [1.82, 2.24) is 9.88 Å². The van der Waals surface area contributed by atoms with Crippen LogP contribution in [0.4, 0.5) is 5.13 Å². The Balaban J connectivity index is 2.73. The highest BCUT2D eigenvalue weighted by Gasteiger charge is 2.13. The van der Waals surface area contributed by atoms with Crippen molar-refractivity contribution in [2.45, 2.75) is 13.8 Å². The number of carbonyl (C=O) groups excluding carboxylic acids is 1. The van der Waals surface area contributed by atoms with Crippen LogP contribution in [-0.2, 0) is 0 Å². The van der Waals surface area contributed by atoms with Gasteiger partial charge in [-0.25, -0.2) is 4.98 Å². The number of likely N-dealkylation sites (N-methyl/N-ethyl adjacent to an activating group) is 2. The van der Waals surface area contributed by atoms with Crippen LogP contribution in [0.1, 0.15) is 22.3 Å². The van der Waals surface area contributed by atoms with E-state index in [0.717, 1.165) is 28.8 Å². The second-order valence-corrected chi connectivity index (χ2v) is 5.17. The monoisotopic (exact) mass is 241 g/mol. The molecule has 1 aromatic rings. The van der Waals surface area contributed by atoms with E-state index in [9.17, 15) is 4.79 Å². The molecular formula is C11H19N3OS. The molecule has 0 saturated carbocycles. The molecule has 4 nitrogen and oxygen atoms in total. The molecule has 0 saturated heterocycles. The maximum absolute atomic E-state index is 11.3. The topological polar surface area (TPSA) is 36.4 Å². The van der Waals surface area contributed by atoms with Crippen molar-refractivity contribution in [3.05, 3.63) is 10.6 Å². The first kappa shape index (κ1) is 13.1. The fraction of sp³-hybridized carbons (Fsp3) is 0.636. The molecule has 5 heteroatoms. The van der Waals surface area contributed by atoms with E-state index in [4.69, 9.17) is 0 Å². The summed E-state index contributed by atoms with van der Waals surface area (Å²) >= 11 is 1.47. The molecule has 1 heterocycles. The van der Waals surface area contributed by atoms with Gasteiger partial charge in [0, 0.05) is 27.1 Å². The van der Waals surface area contributed by atoms with Gasteiger partial charge in [-0.2, -0.15) is 0 Å². The van der Waals surface area contributed by atoms with Crippen molar-refractivity contribution in [1.29, 1.82) is 0 Å². The van der Waals surface area contributed by atoms with Crippen molar-refractivity contribution < 1.29 is 4.79 Å². The van der Waals surface area contributed by atoms with Gasteiger partial charge in [-0.15, -0.1) is 0 Å². The highest BCUT2D eigenvalue weighted by atomic mass is 32.1. The molecule has 16 heavy (non-hydrogen) atoms. The van der Waals surface area contributed by atoms with E-state index in [-0.39, 0.29) is 5.78 Å². The van der Waals surface area contributed by atoms with Crippen molar-refractivity contribution in [2.75, 3.05) is 39.1 Å². The first-order valence-corrected chi connectivity index (χ1v) is 6.07. The van der Waals surface area contributed by atoms with Gasteiger partial charge in [-0.05, 0) is 21.0 Å². The quantitative estimate of drug-likeness (QED) is 0.735. The minimum absolute atomic E-state index is 0.0993. The summed E-state index contributed by atoms with van der Waals surface area (Å²) in [7, 11) is 6.09. The van der Waals surface area contributed by atoms with Crippen LogP contribution in [0.5, 0.6) is 0 Å². The Bertz CT molecular complexity index is 373. The predicted molar refractivity (Wildman–Crippen MR) is 68.7 cm³/mol. The maximum atomic E-state index is 11.3. The van der Waals surface area contributed by atoms with Gasteiger partial charge < -0.3 is 9.80 Å². The minimum atomic E-state index is 0.0993. The summed E-state index contributed by atoms with van der Waals surface area (Å²) < 4.78 is 0. The minimum Gasteiger partial charge on any atom is -0.350 e. The summed E-state index contributed by atoms with van der Waals surface area (Å²) in [4.78, 5) is 20.7. The molecule has 90 valence electrons. The number of nitrogens with zero attached hydrogens (tertiary/aromatic N) is 3. The number of ketones is 1. The van der Waals surface area contributed by atoms with Gasteiger partial charge in [-0.1, -0.05) is 11.3 Å². The summed E-state index contributed by atoms with van der Waals surface area (Å²) in [6.07, 6.45) is 0. The zero-order chi connectivity index (χ0) is 12.3. The normalized spacial score (nSPS) is 10.9. The first-order valence-electron chi connectivity index (χ1n) is 5.26. The molecule has 0 bridgehead atoms. The van der Waals surface area contributed by atoms with Crippen molar-refractivity contribution in [3.63, 3.8) is 0 Å². The Hall–Kier alpha value is -0.940. The van der Waals surface area contributed by atoms with Crippen molar-refractivity contribution in [3.8, 4) is 0 Å². The second kappa shape index (κ2) is 5.41. The lowest BCUT2D eigenvalue weighted by atomic mass is 10.3. The highest BCUT2D eigenvalue weighted by Crippen LogP contribution is 2.25. The molecule has 0 fully saturated rings. The standard InChI is InChI=1S/C11H19N3OS/c1-8-10(9(2)15)16-11(12-8)14(5)7-6-13(3)4/h6-7H2,1-5H3. The zero-order valence-electron chi connectivity index (χ0n) is 10.6. The van der Waals surface area contributed by atoms with Crippen LogP contribution in [0.3, 0.4) is 0 Å². The Kier molecular flexibility index (Phi) is 4.44. The van der Waals surface area contributed by atoms with Gasteiger partial charge in [0.2, 0.25) is 0 Å². The van der Waals surface area contributed by atoms with E-state index in [1.807, 2.05) is 28.1 Å². The van der Waals surface area contributed by atoms with Crippen LogP contribution < -0.4 is 4.90 Å². The molecule has 0 N–H and O–H groups in total. The van der Waals surface area contributed by atoms with Crippen LogP contribution in [0.25, 0.3) is 0 Å². The number of aryl methyl sites for hydroxylation is 1. The van der Waals surface area contributed by atoms with Crippen LogP contribution in [0.2, 0.25) is 0 Å². The Morgan fingerprint density at radius 1 is 1.31 bits per heavy atom. The number of Topliss-reactive ketones (excluding diaryl/α,β-unsaturated/α-hetero) is 1. The van der Waals surface area contributed by atoms with Gasteiger partial charge in [-0.3, -0.25) is 4.79 Å². The molecular weight excluding hydrogens is 222 g/mol. The molecule has 0 aliphatic carbocycles. The molecule has 0 atom stereocenters. The van der Waals surface area contributed by atoms with Crippen LogP contribution in [-0.4, -0.2) is 49.9 Å². The van der Waals surface area contributed by atoms with Gasteiger partial charge in [0.05, 0.1) is 10.6 Å². The van der Waals surface area contributed by atoms with Gasteiger partial charge in [0.1, 0.15) is 0 Å². The lowest BCUT2D eigenvalue weighted by Crippen LogP contribution is -2.28. The van der Waals surface area contributed by atoms with Gasteiger partial charge in [0.25, 0.3) is 0 Å². The molecule has 1 rings (SSSR count). The number of aromatic nitrogens is 1. The average molecular weight is 241 g/mol. The molecule has 1 aromatic heterocycles. The summed E-state index contributed by atoms with van der Waals surface area (Å²) in [6, 6.07) is 0. The first-order chi connectivity index (χ1) is 7.41. The van der Waals surface area contributed by atoms with E-state index in [1.54, 1.807) is 6.92 Å². The number of carbonyl (C=O) groups is 1. The fourth-order valence-corrected chi connectivity index (χ4v) is 2.27. The highest BCUT2D eigenvalue weighted by molar-refractivity contribution is 7.17. The fourth-order valence-electron chi connectivity index (χ4n) is 1.32. The van der Waals surface area contributed by atoms with Crippen molar-refractivity contribution in [2.24, 2.45) is 0 Å². The number of anilines is 1. The number of rotatable bonds is 5. The van der Waals surface area contributed by atoms with E-state index in [1.165, 1.54) is 11.3 Å². The third kappa shape index (κ3) is 3.28. The van der Waals surface area contributed by atoms with E-state index < -0.39 is 0 Å². The van der Waals surface area contributed by atoms with E-state index in [0.29, 0.717) is 0 Å². The molecule has 0 aromatic carbocycles. The zero-order valence-corrected chi connectivity index (χ0v) is 11.4. The smallest absolute Gasteiger partial charge is 0.185 e. The molecule has 0 aliphatic rings. The number of thiazole rings is 1. The Morgan fingerprint density at radius 2 is 1.94 bits per heavy atom. The van der Waals surface area contributed by atoms with Crippen molar-refractivity contribution >= 4 is 22.3 Å². The van der Waals surface area contributed by atoms with Crippen LogP contribution in [0, 0.1) is 6.92 Å². The third-order valence-electron chi connectivity index (χ3n) is 2.31. The summed E-state index contributed by atoms with van der Waals surface area (Å²) in [5, 5.41) is 0.921. The molecule has 0 radical (unpaired) electrons. The predicted octanol–water partition coefficient (Wildman–Crippen LogP) is 1.65. The summed E-state index contributed by atoms with van der Waals surface area (Å²) in [6.45, 7) is 5.36. The average Bonchev–Trinajstić information content (AvgIpc) is 2.56. The Morgan fingerprint density at radius 3 is 2.38 bits per heavy atom.